The van der Waals surface area contributed by atoms with Gasteiger partial charge in [-0.05, 0) is 35.8 Å². The first kappa shape index (κ1) is 17.4. The van der Waals surface area contributed by atoms with Crippen LogP contribution in [-0.4, -0.2) is 12.8 Å². The van der Waals surface area contributed by atoms with Crippen molar-refractivity contribution in [2.75, 3.05) is 6.54 Å². The van der Waals surface area contributed by atoms with Crippen LogP contribution in [0, 0.1) is 23.2 Å². The Bertz CT molecular complexity index is 255. The van der Waals surface area contributed by atoms with Crippen molar-refractivity contribution >= 4 is 6.21 Å². The fourth-order valence-corrected chi connectivity index (χ4v) is 2.05. The molecule has 0 aromatic carbocycles. The molecule has 0 aliphatic rings. The maximum Gasteiger partial charge on any atom is 0.0416 e. The van der Waals surface area contributed by atoms with E-state index in [1.54, 1.807) is 0 Å². The van der Waals surface area contributed by atoms with Crippen LogP contribution in [0.3, 0.4) is 0 Å². The molecule has 1 nitrogen and oxygen atoms in total. The molecule has 0 saturated carbocycles. The van der Waals surface area contributed by atoms with Crippen molar-refractivity contribution in [3.05, 3.63) is 12.2 Å². The third-order valence-corrected chi connectivity index (χ3v) is 3.19. The number of allylic oxidation sites excluding steroid dienone is 2. The van der Waals surface area contributed by atoms with Gasteiger partial charge < -0.3 is 0 Å². The molecule has 0 saturated heterocycles. The van der Waals surface area contributed by atoms with Crippen molar-refractivity contribution in [3.63, 3.8) is 0 Å². The molecule has 0 heterocycles. The molecule has 106 valence electrons. The summed E-state index contributed by atoms with van der Waals surface area (Å²) in [5.41, 5.74) is 0.276. The maximum absolute atomic E-state index is 4.55. The highest BCUT2D eigenvalue weighted by atomic mass is 14.7. The average Bonchev–Trinajstić information content (AvgIpc) is 2.22. The molecule has 0 aliphatic heterocycles. The van der Waals surface area contributed by atoms with E-state index in [1.807, 2.05) is 0 Å². The fraction of sp³-hybridized carbons (Fsp3) is 0.824. The normalized spacial score (nSPS) is 16.9. The first-order valence-electron chi connectivity index (χ1n) is 7.45. The molecule has 1 heteroatoms. The Kier molecular flexibility index (Phi) is 8.22. The number of rotatable bonds is 7. The van der Waals surface area contributed by atoms with E-state index < -0.39 is 0 Å². The van der Waals surface area contributed by atoms with Crippen LogP contribution in [0.4, 0.5) is 0 Å². The third-order valence-electron chi connectivity index (χ3n) is 3.19. The Morgan fingerprint density at radius 2 is 1.72 bits per heavy atom. The van der Waals surface area contributed by atoms with Crippen LogP contribution in [0.25, 0.3) is 0 Å². The lowest BCUT2D eigenvalue weighted by Crippen LogP contribution is -2.19. The quantitative estimate of drug-likeness (QED) is 0.426. The van der Waals surface area contributed by atoms with Gasteiger partial charge in [-0.1, -0.05) is 67.0 Å². The first-order valence-corrected chi connectivity index (χ1v) is 7.45. The van der Waals surface area contributed by atoms with Crippen LogP contribution in [0.15, 0.2) is 17.1 Å². The largest absolute Gasteiger partial charge is 0.297 e. The minimum absolute atomic E-state index is 0.276. The summed E-state index contributed by atoms with van der Waals surface area (Å²) in [4.78, 5) is 4.55. The second-order valence-corrected chi connectivity index (χ2v) is 6.86. The van der Waals surface area contributed by atoms with E-state index in [1.165, 1.54) is 6.42 Å². The van der Waals surface area contributed by atoms with Gasteiger partial charge in [0, 0.05) is 6.54 Å². The van der Waals surface area contributed by atoms with Crippen LogP contribution >= 0.6 is 0 Å². The van der Waals surface area contributed by atoms with Gasteiger partial charge in [-0.3, -0.25) is 4.99 Å². The summed E-state index contributed by atoms with van der Waals surface area (Å²) in [5.74, 6) is 1.93. The van der Waals surface area contributed by atoms with Crippen molar-refractivity contribution in [1.29, 1.82) is 0 Å². The van der Waals surface area contributed by atoms with Gasteiger partial charge in [0.25, 0.3) is 0 Å². The van der Waals surface area contributed by atoms with E-state index in [9.17, 15) is 0 Å². The molecule has 0 N–H and O–H groups in total. The van der Waals surface area contributed by atoms with E-state index in [-0.39, 0.29) is 5.41 Å². The molecule has 18 heavy (non-hydrogen) atoms. The molecule has 0 spiro atoms. The minimum Gasteiger partial charge on any atom is -0.297 e. The van der Waals surface area contributed by atoms with Gasteiger partial charge in [0.1, 0.15) is 0 Å². The molecule has 0 aromatic rings. The van der Waals surface area contributed by atoms with Gasteiger partial charge in [-0.15, -0.1) is 0 Å². The molecule has 0 bridgehead atoms. The summed E-state index contributed by atoms with van der Waals surface area (Å²) >= 11 is 0. The van der Waals surface area contributed by atoms with E-state index >= 15 is 0 Å². The molecular weight excluding hydrogens is 218 g/mol. The number of unbranched alkanes of at least 4 members (excludes halogenated alkanes) is 1. The van der Waals surface area contributed by atoms with Gasteiger partial charge in [0.2, 0.25) is 0 Å². The molecule has 2 unspecified atom stereocenters. The van der Waals surface area contributed by atoms with Crippen LogP contribution < -0.4 is 0 Å². The average molecular weight is 251 g/mol. The first-order chi connectivity index (χ1) is 8.28. The predicted octanol–water partition coefficient (Wildman–Crippen LogP) is 5.37. The zero-order valence-corrected chi connectivity index (χ0v) is 13.5. The van der Waals surface area contributed by atoms with Crippen molar-refractivity contribution in [3.8, 4) is 0 Å². The minimum atomic E-state index is 0.276. The van der Waals surface area contributed by atoms with Crippen LogP contribution in [0.2, 0.25) is 0 Å². The van der Waals surface area contributed by atoms with Gasteiger partial charge in [-0.2, -0.15) is 0 Å². The molecule has 0 fully saturated rings. The van der Waals surface area contributed by atoms with Crippen molar-refractivity contribution in [1.82, 2.24) is 0 Å². The van der Waals surface area contributed by atoms with Crippen LogP contribution in [0.5, 0.6) is 0 Å². The lowest BCUT2D eigenvalue weighted by Gasteiger charge is -2.24. The van der Waals surface area contributed by atoms with Gasteiger partial charge in [0.05, 0.1) is 0 Å². The number of aliphatic imine (C=N–C) groups is 1. The Balaban J connectivity index is 4.46. The molecule has 0 aliphatic carbocycles. The second-order valence-electron chi connectivity index (χ2n) is 6.86. The molecule has 0 aromatic heterocycles. The zero-order valence-electron chi connectivity index (χ0n) is 13.5. The highest BCUT2D eigenvalue weighted by Crippen LogP contribution is 2.25. The van der Waals surface area contributed by atoms with E-state index in [2.05, 4.69) is 71.8 Å². The summed E-state index contributed by atoms with van der Waals surface area (Å²) in [6.45, 7) is 16.9. The van der Waals surface area contributed by atoms with Gasteiger partial charge in [0.15, 0.2) is 0 Å². The number of nitrogens with zero attached hydrogens (tertiary/aromatic N) is 1. The summed E-state index contributed by atoms with van der Waals surface area (Å²) in [7, 11) is 0. The molecule has 0 amide bonds. The Morgan fingerprint density at radius 1 is 1.11 bits per heavy atom. The molecular formula is C17H33N. The summed E-state index contributed by atoms with van der Waals surface area (Å²) in [6, 6.07) is 0. The fourth-order valence-electron chi connectivity index (χ4n) is 2.05. The highest BCUT2D eigenvalue weighted by molar-refractivity contribution is 5.56. The van der Waals surface area contributed by atoms with Crippen molar-refractivity contribution in [2.45, 2.75) is 61.3 Å². The van der Waals surface area contributed by atoms with Crippen molar-refractivity contribution in [2.24, 2.45) is 28.2 Å². The summed E-state index contributed by atoms with van der Waals surface area (Å²) < 4.78 is 0. The Hall–Kier alpha value is -0.590. The smallest absolute Gasteiger partial charge is 0.0416 e. The van der Waals surface area contributed by atoms with E-state index in [0.717, 1.165) is 13.0 Å². The molecule has 2 atom stereocenters. The standard InChI is InChI=1S/C17H33N/c1-8-9-12-18-13-15(4)16(14(2)3)10-11-17(5,6)7/h10-12,14-16H,8-9,13H2,1-7H3/b11-10-,18-12-. The SMILES string of the molecule is CCC/C=N\CC(C)C(/C=C\C(C)(C)C)C(C)C. The lowest BCUT2D eigenvalue weighted by atomic mass is 9.82. The second kappa shape index (κ2) is 8.50. The van der Waals surface area contributed by atoms with Gasteiger partial charge >= 0.3 is 0 Å². The number of hydrogen-bond acceptors (Lipinski definition) is 1. The topological polar surface area (TPSA) is 12.4 Å². The van der Waals surface area contributed by atoms with E-state index in [0.29, 0.717) is 17.8 Å². The lowest BCUT2D eigenvalue weighted by molar-refractivity contribution is 0.337. The molecule has 0 radical (unpaired) electrons. The summed E-state index contributed by atoms with van der Waals surface area (Å²) in [5, 5.41) is 0. The van der Waals surface area contributed by atoms with Crippen LogP contribution in [-0.2, 0) is 0 Å². The van der Waals surface area contributed by atoms with Gasteiger partial charge in [-0.25, -0.2) is 0 Å². The third kappa shape index (κ3) is 8.49. The highest BCUT2D eigenvalue weighted by Gasteiger charge is 2.18. The maximum atomic E-state index is 4.55. The predicted molar refractivity (Wildman–Crippen MR) is 84.4 cm³/mol. The van der Waals surface area contributed by atoms with Crippen LogP contribution in [0.1, 0.15) is 61.3 Å². The van der Waals surface area contributed by atoms with Crippen molar-refractivity contribution < 1.29 is 0 Å². The Labute approximate surface area is 115 Å². The monoisotopic (exact) mass is 251 g/mol. The number of hydrogen-bond donors (Lipinski definition) is 0. The van der Waals surface area contributed by atoms with E-state index in [4.69, 9.17) is 0 Å². The molecule has 0 rings (SSSR count). The zero-order chi connectivity index (χ0) is 14.2. The summed E-state index contributed by atoms with van der Waals surface area (Å²) in [6.07, 6.45) is 9.14. The Morgan fingerprint density at radius 3 is 2.17 bits per heavy atom.